The predicted molar refractivity (Wildman–Crippen MR) is 94.0 cm³/mol. The molecule has 2 rings (SSSR count). The molecule has 0 aliphatic heterocycles. The third kappa shape index (κ3) is 4.93. The summed E-state index contributed by atoms with van der Waals surface area (Å²) in [5, 5.41) is 7.94. The van der Waals surface area contributed by atoms with Crippen LogP contribution in [0.3, 0.4) is 0 Å². The standard InChI is InChI=1S/C18H22ClN3O2/c1-13(23)7-5-10-17(24)21-14(2)18(22-12-6-11-20-22)15-8-3-4-9-16(15)19/h3-4,6,8-9,11-12,14,18H,5,7,10H2,1-2H3,(H,21,24)/t14-,18-/m0/s1. The molecule has 0 bridgehead atoms. The van der Waals surface area contributed by atoms with Crippen molar-refractivity contribution in [3.8, 4) is 0 Å². The Balaban J connectivity index is 2.12. The first-order valence-corrected chi connectivity index (χ1v) is 8.39. The van der Waals surface area contributed by atoms with Crippen LogP contribution in [0.15, 0.2) is 42.7 Å². The number of amides is 1. The fraction of sp³-hybridized carbons (Fsp3) is 0.389. The van der Waals surface area contributed by atoms with E-state index in [-0.39, 0.29) is 23.8 Å². The Hall–Kier alpha value is -2.14. The number of rotatable bonds is 8. The molecule has 0 fully saturated rings. The Labute approximate surface area is 147 Å². The number of nitrogens with zero attached hydrogens (tertiary/aromatic N) is 2. The van der Waals surface area contributed by atoms with E-state index < -0.39 is 0 Å². The highest BCUT2D eigenvalue weighted by atomic mass is 35.5. The maximum atomic E-state index is 12.1. The van der Waals surface area contributed by atoms with E-state index in [1.54, 1.807) is 10.9 Å². The zero-order chi connectivity index (χ0) is 17.5. The second-order valence-corrected chi connectivity index (χ2v) is 6.27. The molecule has 6 heteroatoms. The first-order chi connectivity index (χ1) is 11.5. The molecule has 0 aliphatic carbocycles. The van der Waals surface area contributed by atoms with Crippen molar-refractivity contribution >= 4 is 23.3 Å². The van der Waals surface area contributed by atoms with Crippen LogP contribution >= 0.6 is 11.6 Å². The summed E-state index contributed by atoms with van der Waals surface area (Å²) in [7, 11) is 0. The number of ketones is 1. The largest absolute Gasteiger partial charge is 0.351 e. The Kier molecular flexibility index (Phi) is 6.55. The third-order valence-electron chi connectivity index (χ3n) is 3.83. The first kappa shape index (κ1) is 18.2. The van der Waals surface area contributed by atoms with Gasteiger partial charge in [0.05, 0.1) is 12.1 Å². The number of hydrogen-bond acceptors (Lipinski definition) is 3. The molecule has 24 heavy (non-hydrogen) atoms. The van der Waals surface area contributed by atoms with E-state index in [2.05, 4.69) is 10.4 Å². The minimum Gasteiger partial charge on any atom is -0.351 e. The van der Waals surface area contributed by atoms with Crippen LogP contribution in [0.25, 0.3) is 0 Å². The van der Waals surface area contributed by atoms with Crippen LogP contribution in [0.1, 0.15) is 44.7 Å². The van der Waals surface area contributed by atoms with Crippen LogP contribution in [0.4, 0.5) is 0 Å². The van der Waals surface area contributed by atoms with Crippen molar-refractivity contribution in [2.45, 2.75) is 45.2 Å². The molecular weight excluding hydrogens is 326 g/mol. The average molecular weight is 348 g/mol. The van der Waals surface area contributed by atoms with E-state index >= 15 is 0 Å². The molecule has 1 heterocycles. The van der Waals surface area contributed by atoms with E-state index in [0.717, 1.165) is 5.56 Å². The van der Waals surface area contributed by atoms with Crippen LogP contribution in [0, 0.1) is 0 Å². The van der Waals surface area contributed by atoms with E-state index in [1.807, 2.05) is 43.5 Å². The van der Waals surface area contributed by atoms with Gasteiger partial charge in [0.1, 0.15) is 5.78 Å². The molecule has 0 saturated heterocycles. The number of nitrogens with one attached hydrogen (secondary N) is 1. The molecule has 1 aromatic heterocycles. The Morgan fingerprint density at radius 1 is 1.25 bits per heavy atom. The van der Waals surface area contributed by atoms with E-state index in [1.165, 1.54) is 6.92 Å². The van der Waals surface area contributed by atoms with Gasteiger partial charge in [-0.3, -0.25) is 9.48 Å². The monoisotopic (exact) mass is 347 g/mol. The highest BCUT2D eigenvalue weighted by Gasteiger charge is 2.25. The quantitative estimate of drug-likeness (QED) is 0.796. The van der Waals surface area contributed by atoms with Crippen molar-refractivity contribution < 1.29 is 9.59 Å². The van der Waals surface area contributed by atoms with Crippen LogP contribution in [0.2, 0.25) is 5.02 Å². The number of aromatic nitrogens is 2. The van der Waals surface area contributed by atoms with Crippen molar-refractivity contribution in [2.24, 2.45) is 0 Å². The van der Waals surface area contributed by atoms with Gasteiger partial charge in [0, 0.05) is 30.3 Å². The normalized spacial score (nSPS) is 13.3. The van der Waals surface area contributed by atoms with Crippen molar-refractivity contribution in [1.29, 1.82) is 0 Å². The molecule has 0 aliphatic rings. The van der Waals surface area contributed by atoms with Gasteiger partial charge in [-0.25, -0.2) is 0 Å². The minimum atomic E-state index is -0.203. The van der Waals surface area contributed by atoms with Gasteiger partial charge in [-0.2, -0.15) is 5.10 Å². The lowest BCUT2D eigenvalue weighted by Crippen LogP contribution is -2.40. The summed E-state index contributed by atoms with van der Waals surface area (Å²) in [6, 6.07) is 8.99. The van der Waals surface area contributed by atoms with Crippen molar-refractivity contribution in [2.75, 3.05) is 0 Å². The number of Topliss-reactive ketones (excluding diaryl/α,β-unsaturated/α-hetero) is 1. The Morgan fingerprint density at radius 2 is 2.00 bits per heavy atom. The number of halogens is 1. The summed E-state index contributed by atoms with van der Waals surface area (Å²) in [4.78, 5) is 23.1. The van der Waals surface area contributed by atoms with E-state index in [4.69, 9.17) is 11.6 Å². The highest BCUT2D eigenvalue weighted by molar-refractivity contribution is 6.31. The van der Waals surface area contributed by atoms with Crippen molar-refractivity contribution in [3.05, 3.63) is 53.3 Å². The molecule has 0 radical (unpaired) electrons. The van der Waals surface area contributed by atoms with Crippen molar-refractivity contribution in [1.82, 2.24) is 15.1 Å². The zero-order valence-corrected chi connectivity index (χ0v) is 14.7. The molecule has 5 nitrogen and oxygen atoms in total. The molecule has 0 saturated carbocycles. The van der Waals surface area contributed by atoms with Crippen LogP contribution in [0.5, 0.6) is 0 Å². The second-order valence-electron chi connectivity index (χ2n) is 5.86. The first-order valence-electron chi connectivity index (χ1n) is 8.01. The summed E-state index contributed by atoms with van der Waals surface area (Å²) in [5.41, 5.74) is 0.902. The SMILES string of the molecule is CC(=O)CCCC(=O)N[C@@H](C)[C@@H](c1ccccc1Cl)n1cccn1. The zero-order valence-electron chi connectivity index (χ0n) is 13.9. The smallest absolute Gasteiger partial charge is 0.220 e. The number of carbonyl (C=O) groups excluding carboxylic acids is 2. The highest BCUT2D eigenvalue weighted by Crippen LogP contribution is 2.28. The maximum absolute atomic E-state index is 12.1. The molecule has 0 spiro atoms. The van der Waals surface area contributed by atoms with Gasteiger partial charge < -0.3 is 10.1 Å². The average Bonchev–Trinajstić information content (AvgIpc) is 3.03. The van der Waals surface area contributed by atoms with Gasteiger partial charge in [0.15, 0.2) is 0 Å². The minimum absolute atomic E-state index is 0.0760. The lowest BCUT2D eigenvalue weighted by molar-refractivity contribution is -0.122. The molecule has 1 amide bonds. The molecule has 0 unspecified atom stereocenters. The van der Waals surface area contributed by atoms with Gasteiger partial charge in [0.2, 0.25) is 5.91 Å². The summed E-state index contributed by atoms with van der Waals surface area (Å²) in [6.45, 7) is 3.46. The molecule has 1 aromatic carbocycles. The Morgan fingerprint density at radius 3 is 2.62 bits per heavy atom. The second kappa shape index (κ2) is 8.64. The summed E-state index contributed by atoms with van der Waals surface area (Å²) >= 11 is 6.34. The number of hydrogen-bond donors (Lipinski definition) is 1. The van der Waals surface area contributed by atoms with Crippen LogP contribution in [-0.2, 0) is 9.59 Å². The number of carbonyl (C=O) groups is 2. The molecule has 2 aromatic rings. The maximum Gasteiger partial charge on any atom is 0.220 e. The summed E-state index contributed by atoms with van der Waals surface area (Å²) < 4.78 is 1.79. The van der Waals surface area contributed by atoms with Crippen molar-refractivity contribution in [3.63, 3.8) is 0 Å². The van der Waals surface area contributed by atoms with E-state index in [0.29, 0.717) is 24.3 Å². The predicted octanol–water partition coefficient (Wildman–Crippen LogP) is 3.39. The van der Waals surface area contributed by atoms with Gasteiger partial charge in [0.25, 0.3) is 0 Å². The summed E-state index contributed by atoms with van der Waals surface area (Å²) in [6.07, 6.45) is 4.87. The number of benzene rings is 1. The molecule has 1 N–H and O–H groups in total. The lowest BCUT2D eigenvalue weighted by Gasteiger charge is -2.26. The van der Waals surface area contributed by atoms with Gasteiger partial charge >= 0.3 is 0 Å². The molecular formula is C18H22ClN3O2. The summed E-state index contributed by atoms with van der Waals surface area (Å²) in [5.74, 6) is 0.0225. The molecule has 128 valence electrons. The van der Waals surface area contributed by atoms with Gasteiger partial charge in [-0.05, 0) is 38.0 Å². The Bertz CT molecular complexity index is 685. The fourth-order valence-electron chi connectivity index (χ4n) is 2.70. The van der Waals surface area contributed by atoms with Gasteiger partial charge in [-0.15, -0.1) is 0 Å². The van der Waals surface area contributed by atoms with Gasteiger partial charge in [-0.1, -0.05) is 29.8 Å². The van der Waals surface area contributed by atoms with E-state index in [9.17, 15) is 9.59 Å². The van der Waals surface area contributed by atoms with Crippen LogP contribution in [-0.4, -0.2) is 27.5 Å². The topological polar surface area (TPSA) is 64.0 Å². The fourth-order valence-corrected chi connectivity index (χ4v) is 2.95. The lowest BCUT2D eigenvalue weighted by atomic mass is 10.00. The van der Waals surface area contributed by atoms with Crippen LogP contribution < -0.4 is 5.32 Å². The third-order valence-corrected chi connectivity index (χ3v) is 4.17. The molecule has 2 atom stereocenters.